The van der Waals surface area contributed by atoms with Gasteiger partial charge in [0, 0.05) is 44.6 Å². The van der Waals surface area contributed by atoms with Crippen LogP contribution in [0.4, 0.5) is 0 Å². The molecule has 0 saturated carbocycles. The second-order valence-corrected chi connectivity index (χ2v) is 6.42. The molecule has 1 unspecified atom stereocenters. The van der Waals surface area contributed by atoms with E-state index in [-0.39, 0.29) is 11.8 Å². The molecule has 0 aliphatic carbocycles. The Kier molecular flexibility index (Phi) is 4.49. The van der Waals surface area contributed by atoms with Crippen LogP contribution in [0.25, 0.3) is 0 Å². The Balaban J connectivity index is 1.50. The molecule has 3 aromatic rings. The number of amides is 1. The molecule has 1 aliphatic heterocycles. The highest BCUT2D eigenvalue weighted by Crippen LogP contribution is 2.28. The van der Waals surface area contributed by atoms with Crippen molar-refractivity contribution in [3.05, 3.63) is 66.2 Å². The van der Waals surface area contributed by atoms with E-state index in [4.69, 9.17) is 4.42 Å². The van der Waals surface area contributed by atoms with E-state index >= 15 is 0 Å². The van der Waals surface area contributed by atoms with Gasteiger partial charge in [0.05, 0.1) is 42.7 Å². The third-order valence-corrected chi connectivity index (χ3v) is 4.55. The van der Waals surface area contributed by atoms with Crippen LogP contribution in [-0.4, -0.2) is 36.9 Å². The Morgan fingerprint density at radius 1 is 1.35 bits per heavy atom. The number of rotatable bonds is 5. The van der Waals surface area contributed by atoms with Crippen molar-refractivity contribution in [1.82, 2.24) is 29.7 Å². The van der Waals surface area contributed by atoms with Gasteiger partial charge in [-0.3, -0.25) is 9.69 Å². The van der Waals surface area contributed by atoms with Crippen molar-refractivity contribution >= 4 is 5.91 Å². The number of fused-ring (bicyclic) bond motifs is 1. The molecule has 1 atom stereocenters. The first-order valence-corrected chi connectivity index (χ1v) is 8.48. The number of hydrogen-bond acceptors (Lipinski definition) is 6. The lowest BCUT2D eigenvalue weighted by Crippen LogP contribution is -2.41. The molecule has 26 heavy (non-hydrogen) atoms. The highest BCUT2D eigenvalue weighted by molar-refractivity contribution is 5.84. The Morgan fingerprint density at radius 2 is 2.19 bits per heavy atom. The molecule has 8 nitrogen and oxygen atoms in total. The van der Waals surface area contributed by atoms with Gasteiger partial charge in [-0.05, 0) is 12.1 Å². The number of nitrogens with zero attached hydrogens (tertiary/aromatic N) is 5. The van der Waals surface area contributed by atoms with Crippen LogP contribution in [0.1, 0.15) is 28.7 Å². The summed E-state index contributed by atoms with van der Waals surface area (Å²) in [5, 5.41) is 2.96. The van der Waals surface area contributed by atoms with Crippen LogP contribution in [-0.2, 0) is 31.5 Å². The summed E-state index contributed by atoms with van der Waals surface area (Å²) in [5.74, 6) is 0.262. The molecule has 4 heterocycles. The first-order chi connectivity index (χ1) is 12.7. The summed E-state index contributed by atoms with van der Waals surface area (Å²) in [6, 6.07) is 3.69. The van der Waals surface area contributed by atoms with E-state index in [1.54, 1.807) is 37.3 Å². The number of nitrogens with one attached hydrogen (secondary N) is 1. The molecular formula is C18H20N6O2. The minimum absolute atomic E-state index is 0.0424. The van der Waals surface area contributed by atoms with Crippen molar-refractivity contribution in [2.45, 2.75) is 25.6 Å². The molecule has 0 bridgehead atoms. The molecule has 0 aromatic carbocycles. The highest BCUT2D eigenvalue weighted by Gasteiger charge is 2.33. The summed E-state index contributed by atoms with van der Waals surface area (Å²) in [7, 11) is 1.93. The molecular weight excluding hydrogens is 332 g/mol. The van der Waals surface area contributed by atoms with E-state index in [0.717, 1.165) is 23.5 Å². The standard InChI is InChI=1S/C18H20N6O2/c1-23-12-22-15-10-24(8-13-3-6-26-11-13)9-14(17(15)23)18(25)21-7-16-19-4-2-5-20-16/h2-6,11-12,14H,7-10H2,1H3,(H,21,25). The molecule has 134 valence electrons. The minimum atomic E-state index is -0.290. The van der Waals surface area contributed by atoms with Gasteiger partial charge in [-0.1, -0.05) is 0 Å². The van der Waals surface area contributed by atoms with Crippen molar-refractivity contribution in [2.24, 2.45) is 7.05 Å². The molecule has 0 saturated heterocycles. The monoisotopic (exact) mass is 352 g/mol. The Hall–Kier alpha value is -3.00. The third kappa shape index (κ3) is 3.36. The predicted molar refractivity (Wildman–Crippen MR) is 92.6 cm³/mol. The van der Waals surface area contributed by atoms with Gasteiger partial charge < -0.3 is 14.3 Å². The smallest absolute Gasteiger partial charge is 0.230 e. The molecule has 3 aromatic heterocycles. The fraction of sp³-hybridized carbons (Fsp3) is 0.333. The average Bonchev–Trinajstić information content (AvgIpc) is 3.30. The van der Waals surface area contributed by atoms with Gasteiger partial charge in [0.15, 0.2) is 0 Å². The number of aromatic nitrogens is 4. The van der Waals surface area contributed by atoms with E-state index in [1.807, 2.05) is 17.7 Å². The van der Waals surface area contributed by atoms with Gasteiger partial charge in [0.1, 0.15) is 5.82 Å². The zero-order valence-corrected chi connectivity index (χ0v) is 14.5. The SMILES string of the molecule is Cn1cnc2c1C(C(=O)NCc1ncccn1)CN(Cc1ccoc1)C2. The molecule has 1 amide bonds. The van der Waals surface area contributed by atoms with E-state index in [9.17, 15) is 4.79 Å². The number of carbonyl (C=O) groups is 1. The van der Waals surface area contributed by atoms with Crippen LogP contribution in [0.3, 0.4) is 0 Å². The zero-order valence-electron chi connectivity index (χ0n) is 14.5. The van der Waals surface area contributed by atoms with E-state index < -0.39 is 0 Å². The molecule has 1 N–H and O–H groups in total. The van der Waals surface area contributed by atoms with E-state index in [0.29, 0.717) is 25.5 Å². The van der Waals surface area contributed by atoms with E-state index in [1.165, 1.54) is 0 Å². The van der Waals surface area contributed by atoms with Gasteiger partial charge in [0.25, 0.3) is 0 Å². The first-order valence-electron chi connectivity index (χ1n) is 8.48. The maximum atomic E-state index is 12.9. The molecule has 0 radical (unpaired) electrons. The van der Waals surface area contributed by atoms with Crippen molar-refractivity contribution in [1.29, 1.82) is 0 Å². The third-order valence-electron chi connectivity index (χ3n) is 4.55. The number of aryl methyl sites for hydroxylation is 1. The highest BCUT2D eigenvalue weighted by atomic mass is 16.3. The Morgan fingerprint density at radius 3 is 2.96 bits per heavy atom. The first kappa shape index (κ1) is 16.5. The van der Waals surface area contributed by atoms with Crippen molar-refractivity contribution < 1.29 is 9.21 Å². The predicted octanol–water partition coefficient (Wildman–Crippen LogP) is 1.22. The lowest BCUT2D eigenvalue weighted by molar-refractivity contribution is -0.123. The van der Waals surface area contributed by atoms with Crippen LogP contribution in [0.2, 0.25) is 0 Å². The molecule has 0 spiro atoms. The summed E-state index contributed by atoms with van der Waals surface area (Å²) >= 11 is 0. The van der Waals surface area contributed by atoms with Crippen molar-refractivity contribution in [2.75, 3.05) is 6.54 Å². The van der Waals surface area contributed by atoms with Gasteiger partial charge in [0.2, 0.25) is 5.91 Å². The van der Waals surface area contributed by atoms with Crippen LogP contribution in [0, 0.1) is 0 Å². The molecule has 8 heteroatoms. The zero-order chi connectivity index (χ0) is 17.9. The molecule has 4 rings (SSSR count). The van der Waals surface area contributed by atoms with Crippen LogP contribution in [0.15, 0.2) is 47.8 Å². The summed E-state index contributed by atoms with van der Waals surface area (Å²) in [4.78, 5) is 27.9. The molecule has 0 fully saturated rings. The Labute approximate surface area is 150 Å². The largest absolute Gasteiger partial charge is 0.472 e. The van der Waals surface area contributed by atoms with Crippen LogP contribution in [0.5, 0.6) is 0 Å². The summed E-state index contributed by atoms with van der Waals surface area (Å²) in [6.07, 6.45) is 8.50. The normalized spacial score (nSPS) is 17.0. The fourth-order valence-corrected chi connectivity index (χ4v) is 3.36. The quantitative estimate of drug-likeness (QED) is 0.743. The maximum Gasteiger partial charge on any atom is 0.230 e. The fourth-order valence-electron chi connectivity index (χ4n) is 3.36. The van der Waals surface area contributed by atoms with Crippen molar-refractivity contribution in [3.63, 3.8) is 0 Å². The summed E-state index contributed by atoms with van der Waals surface area (Å²) in [5.41, 5.74) is 3.00. The number of furan rings is 1. The second-order valence-electron chi connectivity index (χ2n) is 6.42. The number of hydrogen-bond donors (Lipinski definition) is 1. The minimum Gasteiger partial charge on any atom is -0.472 e. The number of carbonyl (C=O) groups excluding carboxylic acids is 1. The second kappa shape index (κ2) is 7.09. The van der Waals surface area contributed by atoms with Gasteiger partial charge in [-0.2, -0.15) is 0 Å². The lowest BCUT2D eigenvalue weighted by Gasteiger charge is -2.31. The maximum absolute atomic E-state index is 12.9. The van der Waals surface area contributed by atoms with Gasteiger partial charge >= 0.3 is 0 Å². The van der Waals surface area contributed by atoms with Gasteiger partial charge in [-0.15, -0.1) is 0 Å². The lowest BCUT2D eigenvalue weighted by atomic mass is 9.96. The molecule has 1 aliphatic rings. The topological polar surface area (TPSA) is 89.1 Å². The Bertz CT molecular complexity index is 874. The summed E-state index contributed by atoms with van der Waals surface area (Å²) in [6.45, 7) is 2.37. The summed E-state index contributed by atoms with van der Waals surface area (Å²) < 4.78 is 7.09. The average molecular weight is 352 g/mol. The van der Waals surface area contributed by atoms with Gasteiger partial charge in [-0.25, -0.2) is 15.0 Å². The van der Waals surface area contributed by atoms with Crippen LogP contribution >= 0.6 is 0 Å². The van der Waals surface area contributed by atoms with Crippen LogP contribution < -0.4 is 5.32 Å². The number of imidazole rings is 1. The van der Waals surface area contributed by atoms with Crippen molar-refractivity contribution in [3.8, 4) is 0 Å². The van der Waals surface area contributed by atoms with E-state index in [2.05, 4.69) is 25.2 Å².